The highest BCUT2D eigenvalue weighted by Crippen LogP contribution is 2.35. The predicted octanol–water partition coefficient (Wildman–Crippen LogP) is 4.84. The van der Waals surface area contributed by atoms with Crippen LogP contribution >= 0.6 is 0 Å². The minimum atomic E-state index is 0.284. The van der Waals surface area contributed by atoms with E-state index in [-0.39, 0.29) is 5.91 Å². The average Bonchev–Trinajstić information content (AvgIpc) is 3.38. The Morgan fingerprint density at radius 2 is 1.73 bits per heavy atom. The summed E-state index contributed by atoms with van der Waals surface area (Å²) in [5, 5.41) is 0. The molecule has 0 spiro atoms. The summed E-state index contributed by atoms with van der Waals surface area (Å²) in [6.07, 6.45) is 10.0. The van der Waals surface area contributed by atoms with E-state index >= 15 is 0 Å². The lowest BCUT2D eigenvalue weighted by Crippen LogP contribution is -2.43. The average molecular weight is 352 g/mol. The van der Waals surface area contributed by atoms with Gasteiger partial charge in [-0.2, -0.15) is 0 Å². The molecule has 0 radical (unpaired) electrons. The van der Waals surface area contributed by atoms with Crippen LogP contribution < -0.4 is 0 Å². The highest BCUT2D eigenvalue weighted by Gasteiger charge is 2.38. The Hall–Kier alpha value is -2.10. The van der Waals surface area contributed by atoms with E-state index in [2.05, 4.69) is 16.8 Å². The molecule has 4 rings (SSSR count). The van der Waals surface area contributed by atoms with E-state index in [1.54, 1.807) is 6.20 Å². The van der Waals surface area contributed by atoms with Gasteiger partial charge in [-0.3, -0.25) is 4.79 Å². The Labute approximate surface area is 155 Å². The maximum Gasteiger partial charge on any atom is 0.223 e. The van der Waals surface area contributed by atoms with Crippen LogP contribution in [0.1, 0.15) is 57.8 Å². The van der Waals surface area contributed by atoms with Crippen LogP contribution in [0.5, 0.6) is 0 Å². The third-order valence-corrected chi connectivity index (χ3v) is 5.77. The molecule has 1 amide bonds. The minimum absolute atomic E-state index is 0.284. The van der Waals surface area contributed by atoms with Gasteiger partial charge in [0.25, 0.3) is 0 Å². The Kier molecular flexibility index (Phi) is 5.09. The van der Waals surface area contributed by atoms with Crippen LogP contribution in [0, 0.1) is 5.92 Å². The molecule has 4 nitrogen and oxygen atoms in total. The number of aromatic nitrogens is 1. The van der Waals surface area contributed by atoms with Crippen molar-refractivity contribution in [2.24, 2.45) is 5.92 Å². The quantitative estimate of drug-likeness (QED) is 0.747. The Balaban J connectivity index is 1.36. The standard InChI is InChI=1S/C22H28N2O2/c1-16-7-9-18(10-8-16)24(19-11-12-19)22(25)14-13-21-23-15-20(26-21)17-5-3-2-4-6-17/h2-6,15-16,18-19H,7-14H2,1H3. The van der Waals surface area contributed by atoms with Crippen LogP contribution in [0.2, 0.25) is 0 Å². The van der Waals surface area contributed by atoms with Crippen LogP contribution in [-0.2, 0) is 11.2 Å². The van der Waals surface area contributed by atoms with Crippen LogP contribution in [0.4, 0.5) is 0 Å². The fraction of sp³-hybridized carbons (Fsp3) is 0.545. The van der Waals surface area contributed by atoms with E-state index in [0.29, 0.717) is 30.8 Å². The molecule has 4 heteroatoms. The molecule has 0 unspecified atom stereocenters. The molecule has 0 N–H and O–H groups in total. The van der Waals surface area contributed by atoms with Crippen LogP contribution in [0.25, 0.3) is 11.3 Å². The molecule has 1 heterocycles. The summed E-state index contributed by atoms with van der Waals surface area (Å²) in [6, 6.07) is 10.9. The van der Waals surface area contributed by atoms with Crippen molar-refractivity contribution < 1.29 is 9.21 Å². The van der Waals surface area contributed by atoms with Gasteiger partial charge < -0.3 is 9.32 Å². The van der Waals surface area contributed by atoms with Crippen LogP contribution in [0.15, 0.2) is 40.9 Å². The van der Waals surface area contributed by atoms with Crippen molar-refractivity contribution in [3.63, 3.8) is 0 Å². The minimum Gasteiger partial charge on any atom is -0.441 e. The van der Waals surface area contributed by atoms with Crippen LogP contribution in [-0.4, -0.2) is 27.9 Å². The summed E-state index contributed by atoms with van der Waals surface area (Å²) < 4.78 is 5.85. The van der Waals surface area contributed by atoms with Crippen molar-refractivity contribution in [2.45, 2.75) is 70.4 Å². The normalized spacial score (nSPS) is 23.0. The number of carbonyl (C=O) groups excluding carboxylic acids is 1. The molecule has 2 aliphatic carbocycles. The first-order valence-electron chi connectivity index (χ1n) is 10.0. The smallest absolute Gasteiger partial charge is 0.223 e. The first kappa shape index (κ1) is 17.3. The Bertz CT molecular complexity index is 728. The van der Waals surface area contributed by atoms with Crippen molar-refractivity contribution in [2.75, 3.05) is 0 Å². The van der Waals surface area contributed by atoms with Gasteiger partial charge in [0, 0.05) is 30.5 Å². The van der Waals surface area contributed by atoms with Gasteiger partial charge in [0.15, 0.2) is 11.7 Å². The van der Waals surface area contributed by atoms with E-state index in [4.69, 9.17) is 4.42 Å². The molecule has 138 valence electrons. The van der Waals surface area contributed by atoms with E-state index in [1.165, 1.54) is 38.5 Å². The number of amides is 1. The highest BCUT2D eigenvalue weighted by molar-refractivity contribution is 5.77. The molecule has 26 heavy (non-hydrogen) atoms. The molecular weight excluding hydrogens is 324 g/mol. The molecule has 1 aromatic carbocycles. The number of carbonyl (C=O) groups is 1. The molecule has 0 aliphatic heterocycles. The molecule has 1 aromatic heterocycles. The molecule has 0 atom stereocenters. The number of nitrogens with zero attached hydrogens (tertiary/aromatic N) is 2. The van der Waals surface area contributed by atoms with Crippen molar-refractivity contribution in [3.8, 4) is 11.3 Å². The number of benzene rings is 1. The zero-order valence-electron chi connectivity index (χ0n) is 15.6. The molecule has 2 saturated carbocycles. The largest absolute Gasteiger partial charge is 0.441 e. The SMILES string of the molecule is CC1CCC(N(C(=O)CCc2ncc(-c3ccccc3)o2)C2CC2)CC1. The summed E-state index contributed by atoms with van der Waals surface area (Å²) in [7, 11) is 0. The lowest BCUT2D eigenvalue weighted by Gasteiger charge is -2.36. The Morgan fingerprint density at radius 1 is 1.08 bits per heavy atom. The van der Waals surface area contributed by atoms with Crippen molar-refractivity contribution in [1.82, 2.24) is 9.88 Å². The molecule has 0 saturated heterocycles. The number of hydrogen-bond acceptors (Lipinski definition) is 3. The van der Waals surface area contributed by atoms with Crippen molar-refractivity contribution >= 4 is 5.91 Å². The zero-order chi connectivity index (χ0) is 17.9. The zero-order valence-corrected chi connectivity index (χ0v) is 15.6. The summed E-state index contributed by atoms with van der Waals surface area (Å²) in [6.45, 7) is 2.33. The van der Waals surface area contributed by atoms with Gasteiger partial charge in [-0.25, -0.2) is 4.98 Å². The van der Waals surface area contributed by atoms with E-state index < -0.39 is 0 Å². The third-order valence-electron chi connectivity index (χ3n) is 5.77. The first-order valence-corrected chi connectivity index (χ1v) is 10.0. The second-order valence-corrected chi connectivity index (χ2v) is 7.93. The predicted molar refractivity (Wildman–Crippen MR) is 102 cm³/mol. The molecular formula is C22H28N2O2. The fourth-order valence-corrected chi connectivity index (χ4v) is 4.08. The van der Waals surface area contributed by atoms with Gasteiger partial charge in [0.1, 0.15) is 0 Å². The van der Waals surface area contributed by atoms with Gasteiger partial charge >= 0.3 is 0 Å². The van der Waals surface area contributed by atoms with Gasteiger partial charge in [-0.1, -0.05) is 37.3 Å². The number of rotatable bonds is 6. The highest BCUT2D eigenvalue weighted by atomic mass is 16.4. The lowest BCUT2D eigenvalue weighted by atomic mass is 9.86. The van der Waals surface area contributed by atoms with Gasteiger partial charge in [-0.15, -0.1) is 0 Å². The summed E-state index contributed by atoms with van der Waals surface area (Å²) in [4.78, 5) is 19.5. The lowest BCUT2D eigenvalue weighted by molar-refractivity contribution is -0.135. The second kappa shape index (κ2) is 7.65. The maximum absolute atomic E-state index is 12.9. The Morgan fingerprint density at radius 3 is 2.38 bits per heavy atom. The molecule has 2 aromatic rings. The van der Waals surface area contributed by atoms with Crippen molar-refractivity contribution in [1.29, 1.82) is 0 Å². The molecule has 2 aliphatic rings. The molecule has 2 fully saturated rings. The number of aryl methyl sites for hydroxylation is 1. The van der Waals surface area contributed by atoms with E-state index in [1.807, 2.05) is 30.3 Å². The van der Waals surface area contributed by atoms with Gasteiger partial charge in [0.2, 0.25) is 5.91 Å². The summed E-state index contributed by atoms with van der Waals surface area (Å²) >= 11 is 0. The number of hydrogen-bond donors (Lipinski definition) is 0. The summed E-state index contributed by atoms with van der Waals surface area (Å²) in [5.74, 6) is 2.52. The van der Waals surface area contributed by atoms with Gasteiger partial charge in [0.05, 0.1) is 6.20 Å². The molecule has 0 bridgehead atoms. The van der Waals surface area contributed by atoms with Gasteiger partial charge in [-0.05, 0) is 44.4 Å². The third kappa shape index (κ3) is 4.00. The summed E-state index contributed by atoms with van der Waals surface area (Å²) in [5.41, 5.74) is 1.02. The maximum atomic E-state index is 12.9. The number of oxazole rings is 1. The second-order valence-electron chi connectivity index (χ2n) is 7.93. The monoisotopic (exact) mass is 352 g/mol. The topological polar surface area (TPSA) is 46.3 Å². The van der Waals surface area contributed by atoms with Crippen molar-refractivity contribution in [3.05, 3.63) is 42.4 Å². The fourth-order valence-electron chi connectivity index (χ4n) is 4.08. The van der Waals surface area contributed by atoms with Crippen LogP contribution in [0.3, 0.4) is 0 Å². The van der Waals surface area contributed by atoms with E-state index in [9.17, 15) is 4.79 Å². The van der Waals surface area contributed by atoms with E-state index in [0.717, 1.165) is 17.2 Å². The first-order chi connectivity index (χ1) is 12.7.